The van der Waals surface area contributed by atoms with E-state index in [9.17, 15) is 0 Å². The Balaban J connectivity index is 1.44. The molecule has 0 N–H and O–H groups in total. The van der Waals surface area contributed by atoms with E-state index >= 15 is 0 Å². The first-order valence-electron chi connectivity index (χ1n) is 11.1. The maximum absolute atomic E-state index is 5.62. The molecule has 0 saturated carbocycles. The zero-order valence-corrected chi connectivity index (χ0v) is 19.0. The summed E-state index contributed by atoms with van der Waals surface area (Å²) in [4.78, 5) is 21.4. The van der Waals surface area contributed by atoms with Crippen LogP contribution in [0.3, 0.4) is 0 Å². The van der Waals surface area contributed by atoms with Crippen LogP contribution in [0, 0.1) is 6.92 Å². The number of hydrogen-bond donors (Lipinski definition) is 0. The summed E-state index contributed by atoms with van der Waals surface area (Å²) < 4.78 is 5.62. The lowest BCUT2D eigenvalue weighted by atomic mass is 10.0. The number of hydrogen-bond acceptors (Lipinski definition) is 8. The monoisotopic (exact) mass is 428 g/mol. The summed E-state index contributed by atoms with van der Waals surface area (Å²) in [7, 11) is 2.19. The standard InChI is InChI=1S/C22H32N6OS/c1-17-4-14-30-20(17)16-26-5-3-19-18(15-26)21(27-10-12-29-13-11-27)24-22(23-19)28-8-6-25(2)7-9-28/h4,14H,3,5-13,15-16H2,1-2H3. The molecule has 0 radical (unpaired) electrons. The Morgan fingerprint density at radius 2 is 1.80 bits per heavy atom. The predicted molar refractivity (Wildman–Crippen MR) is 122 cm³/mol. The van der Waals surface area contributed by atoms with Gasteiger partial charge in [-0.3, -0.25) is 4.90 Å². The van der Waals surface area contributed by atoms with E-state index in [4.69, 9.17) is 14.7 Å². The first-order valence-corrected chi connectivity index (χ1v) is 12.0. The van der Waals surface area contributed by atoms with Crippen LogP contribution in [0.15, 0.2) is 11.4 Å². The number of nitrogens with zero attached hydrogens (tertiary/aromatic N) is 6. The number of anilines is 2. The van der Waals surface area contributed by atoms with E-state index in [0.717, 1.165) is 90.3 Å². The second-order valence-electron chi connectivity index (χ2n) is 8.65. The van der Waals surface area contributed by atoms with Crippen LogP contribution in [0.5, 0.6) is 0 Å². The molecule has 8 heteroatoms. The molecule has 0 atom stereocenters. The largest absolute Gasteiger partial charge is 0.378 e. The first-order chi connectivity index (χ1) is 14.7. The Labute approximate surface area is 183 Å². The third-order valence-corrected chi connectivity index (χ3v) is 7.55. The molecule has 30 heavy (non-hydrogen) atoms. The van der Waals surface area contributed by atoms with Crippen LogP contribution in [-0.4, -0.2) is 85.8 Å². The van der Waals surface area contributed by atoms with Crippen LogP contribution >= 0.6 is 11.3 Å². The van der Waals surface area contributed by atoms with Crippen molar-refractivity contribution in [1.82, 2.24) is 19.8 Å². The Hall–Kier alpha value is -1.74. The summed E-state index contributed by atoms with van der Waals surface area (Å²) in [5.41, 5.74) is 3.98. The number of fused-ring (bicyclic) bond motifs is 1. The average Bonchev–Trinajstić information content (AvgIpc) is 3.18. The zero-order chi connectivity index (χ0) is 20.5. The molecule has 0 spiro atoms. The maximum atomic E-state index is 5.62. The van der Waals surface area contributed by atoms with Gasteiger partial charge in [0.2, 0.25) is 5.95 Å². The van der Waals surface area contributed by atoms with Gasteiger partial charge in [-0.05, 0) is 31.0 Å². The van der Waals surface area contributed by atoms with E-state index < -0.39 is 0 Å². The third-order valence-electron chi connectivity index (χ3n) is 6.54. The lowest BCUT2D eigenvalue weighted by Crippen LogP contribution is -2.46. The Bertz CT molecular complexity index is 873. The minimum Gasteiger partial charge on any atom is -0.378 e. The number of aromatic nitrogens is 2. The van der Waals surface area contributed by atoms with Crippen molar-refractivity contribution in [3.05, 3.63) is 33.1 Å². The van der Waals surface area contributed by atoms with Gasteiger partial charge in [-0.25, -0.2) is 4.98 Å². The quantitative estimate of drug-likeness (QED) is 0.738. The van der Waals surface area contributed by atoms with Crippen LogP contribution in [0.2, 0.25) is 0 Å². The molecule has 2 aromatic heterocycles. The second-order valence-corrected chi connectivity index (χ2v) is 9.65. The Morgan fingerprint density at radius 3 is 2.53 bits per heavy atom. The average molecular weight is 429 g/mol. The molecule has 2 saturated heterocycles. The summed E-state index contributed by atoms with van der Waals surface area (Å²) in [6.45, 7) is 12.8. The lowest BCUT2D eigenvalue weighted by Gasteiger charge is -2.37. The van der Waals surface area contributed by atoms with E-state index in [0.29, 0.717) is 0 Å². The molecule has 2 aromatic rings. The van der Waals surface area contributed by atoms with Gasteiger partial charge in [0.25, 0.3) is 0 Å². The van der Waals surface area contributed by atoms with Crippen molar-refractivity contribution in [2.24, 2.45) is 0 Å². The van der Waals surface area contributed by atoms with Gasteiger partial charge in [-0.1, -0.05) is 0 Å². The molecule has 0 unspecified atom stereocenters. The summed E-state index contributed by atoms with van der Waals surface area (Å²) in [5.74, 6) is 2.07. The highest BCUT2D eigenvalue weighted by molar-refractivity contribution is 7.10. The summed E-state index contributed by atoms with van der Waals surface area (Å²) >= 11 is 1.87. The number of piperazine rings is 1. The van der Waals surface area contributed by atoms with E-state index in [1.54, 1.807) is 0 Å². The summed E-state index contributed by atoms with van der Waals surface area (Å²) in [6.07, 6.45) is 1.00. The predicted octanol–water partition coefficient (Wildman–Crippen LogP) is 1.99. The van der Waals surface area contributed by atoms with Gasteiger partial charge in [-0.2, -0.15) is 4.98 Å². The fourth-order valence-corrected chi connectivity index (χ4v) is 5.48. The number of aryl methyl sites for hydroxylation is 1. The van der Waals surface area contributed by atoms with Gasteiger partial charge in [0, 0.05) is 75.8 Å². The number of morpholine rings is 1. The number of thiophene rings is 1. The third kappa shape index (κ3) is 4.19. The smallest absolute Gasteiger partial charge is 0.227 e. The van der Waals surface area contributed by atoms with E-state index in [-0.39, 0.29) is 0 Å². The van der Waals surface area contributed by atoms with Crippen LogP contribution in [-0.2, 0) is 24.2 Å². The highest BCUT2D eigenvalue weighted by Crippen LogP contribution is 2.31. The lowest BCUT2D eigenvalue weighted by molar-refractivity contribution is 0.122. The molecule has 3 aliphatic rings. The molecule has 5 rings (SSSR count). The molecule has 7 nitrogen and oxygen atoms in total. The van der Waals surface area contributed by atoms with Gasteiger partial charge < -0.3 is 19.4 Å². The van der Waals surface area contributed by atoms with Crippen molar-refractivity contribution in [3.8, 4) is 0 Å². The molecule has 3 aliphatic heterocycles. The van der Waals surface area contributed by atoms with Crippen molar-refractivity contribution in [2.75, 3.05) is 75.9 Å². The van der Waals surface area contributed by atoms with Gasteiger partial charge in [0.15, 0.2) is 0 Å². The molecule has 0 bridgehead atoms. The van der Waals surface area contributed by atoms with Crippen LogP contribution in [0.25, 0.3) is 0 Å². The summed E-state index contributed by atoms with van der Waals surface area (Å²) in [5, 5.41) is 2.20. The first kappa shape index (κ1) is 20.2. The number of likely N-dealkylation sites (N-methyl/N-ethyl adjacent to an activating group) is 1. The number of ether oxygens (including phenoxy) is 1. The van der Waals surface area contributed by atoms with E-state index in [2.05, 4.69) is 45.0 Å². The van der Waals surface area contributed by atoms with Crippen LogP contribution in [0.1, 0.15) is 21.7 Å². The van der Waals surface area contributed by atoms with Gasteiger partial charge in [0.1, 0.15) is 5.82 Å². The Kier molecular flexibility index (Phi) is 5.91. The molecule has 162 valence electrons. The minimum atomic E-state index is 0.778. The van der Waals surface area contributed by atoms with Crippen molar-refractivity contribution in [1.29, 1.82) is 0 Å². The number of rotatable bonds is 4. The van der Waals surface area contributed by atoms with Crippen molar-refractivity contribution in [3.63, 3.8) is 0 Å². The van der Waals surface area contributed by atoms with Gasteiger partial charge in [0.05, 0.1) is 18.9 Å². The molecule has 2 fully saturated rings. The normalized spacial score (nSPS) is 21.1. The van der Waals surface area contributed by atoms with E-state index in [1.807, 2.05) is 11.3 Å². The summed E-state index contributed by atoms with van der Waals surface area (Å²) in [6, 6.07) is 2.22. The van der Waals surface area contributed by atoms with Gasteiger partial charge in [-0.15, -0.1) is 11.3 Å². The molecule has 0 aromatic carbocycles. The zero-order valence-electron chi connectivity index (χ0n) is 18.1. The fraction of sp³-hybridized carbons (Fsp3) is 0.636. The van der Waals surface area contributed by atoms with E-state index in [1.165, 1.54) is 21.7 Å². The van der Waals surface area contributed by atoms with Crippen LogP contribution < -0.4 is 9.80 Å². The highest BCUT2D eigenvalue weighted by Gasteiger charge is 2.28. The molecular formula is C22H32N6OS. The topological polar surface area (TPSA) is 48.0 Å². The minimum absolute atomic E-state index is 0.778. The van der Waals surface area contributed by atoms with Gasteiger partial charge >= 0.3 is 0 Å². The van der Waals surface area contributed by atoms with Crippen molar-refractivity contribution in [2.45, 2.75) is 26.4 Å². The molecular weight excluding hydrogens is 396 g/mol. The molecule has 0 amide bonds. The molecule has 0 aliphatic carbocycles. The van der Waals surface area contributed by atoms with Crippen molar-refractivity contribution >= 4 is 23.1 Å². The van der Waals surface area contributed by atoms with Crippen molar-refractivity contribution < 1.29 is 4.74 Å². The SMILES string of the molecule is Cc1ccsc1CN1CCc2nc(N3CCN(C)CC3)nc(N3CCOCC3)c2C1. The highest BCUT2D eigenvalue weighted by atomic mass is 32.1. The molecule has 5 heterocycles. The fourth-order valence-electron chi connectivity index (χ4n) is 4.53. The van der Waals surface area contributed by atoms with Crippen LogP contribution in [0.4, 0.5) is 11.8 Å². The maximum Gasteiger partial charge on any atom is 0.227 e. The second kappa shape index (κ2) is 8.78. The Morgan fingerprint density at radius 1 is 1.00 bits per heavy atom.